The van der Waals surface area contributed by atoms with E-state index in [-0.39, 0.29) is 71.7 Å². The van der Waals surface area contributed by atoms with Crippen molar-refractivity contribution in [3.63, 3.8) is 0 Å². The number of hydrogen-bond acceptors (Lipinski definition) is 29. The van der Waals surface area contributed by atoms with E-state index in [1.807, 2.05) is 34.6 Å². The molecule has 0 radical (unpaired) electrons. The van der Waals surface area contributed by atoms with E-state index in [0.717, 1.165) is 57.3 Å². The number of carbonyl (C=O) groups is 1. The molecule has 0 heterocycles. The van der Waals surface area contributed by atoms with Crippen molar-refractivity contribution in [2.45, 2.75) is 103 Å². The molecule has 0 aliphatic rings. The van der Waals surface area contributed by atoms with Crippen LogP contribution in [0.5, 0.6) is 0 Å². The number of ether oxygens (including phenoxy) is 17. The minimum atomic E-state index is -3.73. The van der Waals surface area contributed by atoms with Crippen LogP contribution in [0.15, 0.2) is 63.4 Å². The first kappa shape index (κ1) is 114. The van der Waals surface area contributed by atoms with Crippen LogP contribution in [0.3, 0.4) is 0 Å². The van der Waals surface area contributed by atoms with E-state index in [2.05, 4.69) is 36.4 Å². The number of aryl methyl sites for hydroxylation is 2. The second kappa shape index (κ2) is 97.5. The van der Waals surface area contributed by atoms with Crippen LogP contribution in [0.25, 0.3) is 26.4 Å². The van der Waals surface area contributed by atoms with Gasteiger partial charge < -0.3 is 107 Å². The van der Waals surface area contributed by atoms with Gasteiger partial charge in [-0.2, -0.15) is 13.3 Å². The van der Waals surface area contributed by atoms with E-state index in [9.17, 15) is 26.0 Å². The Kier molecular flexibility index (Phi) is 107. The van der Waals surface area contributed by atoms with Crippen molar-refractivity contribution in [2.75, 3.05) is 252 Å². The Morgan fingerprint density at radius 3 is 0.971 bits per heavy atom. The number of azide groups is 1. The van der Waals surface area contributed by atoms with Crippen molar-refractivity contribution in [1.82, 2.24) is 0 Å². The molecule has 0 saturated heterocycles. The van der Waals surface area contributed by atoms with Gasteiger partial charge in [0.05, 0.1) is 223 Å². The average Bonchev–Trinajstić information content (AvgIpc) is 0.866. The third kappa shape index (κ3) is 105. The average molecular weight is 1580 g/mol. The minimum Gasteiger partial charge on any atom is -0.460 e. The van der Waals surface area contributed by atoms with Crippen molar-refractivity contribution in [3.05, 3.63) is 91.0 Å². The first-order valence-corrected chi connectivity index (χ1v) is 37.0. The number of hydrogen-bond donors (Lipinski definition) is 4. The van der Waals surface area contributed by atoms with Gasteiger partial charge in [0.2, 0.25) is 0 Å². The zero-order chi connectivity index (χ0) is 79.6. The molecule has 0 fully saturated rings. The molecule has 0 aromatic heterocycles. The van der Waals surface area contributed by atoms with Crippen molar-refractivity contribution in [2.24, 2.45) is 5.11 Å². The Balaban J connectivity index is -0.000000184. The Morgan fingerprint density at radius 1 is 0.481 bits per heavy atom. The molecular formula is C65H124ClFN7NaO27S2. The number of aliphatic hydroxyl groups is 3. The van der Waals surface area contributed by atoms with Crippen LogP contribution >= 0.6 is 10.7 Å². The number of aliphatic hydroxyl groups excluding tert-OH is 3. The van der Waals surface area contributed by atoms with Gasteiger partial charge >= 0.3 is 35.5 Å². The van der Waals surface area contributed by atoms with E-state index >= 15 is 0 Å². The maximum atomic E-state index is 11.9. The molecule has 0 bridgehead atoms. The zero-order valence-corrected chi connectivity index (χ0v) is 67.6. The smallest absolute Gasteiger partial charge is 0.460 e. The second-order valence-corrected chi connectivity index (χ2v) is 24.5. The van der Waals surface area contributed by atoms with Gasteiger partial charge in [-0.05, 0) is 90.1 Å². The van der Waals surface area contributed by atoms with Crippen LogP contribution in [0.1, 0.15) is 86.1 Å². The van der Waals surface area contributed by atoms with Gasteiger partial charge in [0.25, 0.3) is 19.2 Å². The van der Waals surface area contributed by atoms with E-state index in [1.165, 1.54) is 29.2 Å². The van der Waals surface area contributed by atoms with Crippen LogP contribution in [-0.2, 0) is 109 Å². The quantitative estimate of drug-likeness (QED) is 0.00690. The molecule has 0 atom stereocenters. The van der Waals surface area contributed by atoms with E-state index in [1.54, 1.807) is 24.3 Å². The molecule has 2 aromatic carbocycles. The molecule has 2 aromatic rings. The molecule has 34 nitrogen and oxygen atoms in total. The standard InChI is InChI=1S/C18H30O7S.C17H34O6.C11H23N3O4.C10H22O6.C7H7ClO2S.CH3F.CH4O.N3.HNO.Na/c1-3-8-21-9-10-22-11-12-23-13-14-24-15-16-25-26(19,20)18-6-4-17(2)5-7-18;1-5-8-19-10-12-21-14-15-22-13-11-20-9-6-7-16(18)23-17(2,3)4;1-2-4-15-6-8-17-10-11-18-9-7-16-5-3-13-14-12;11-1-3-13-5-7-15-9-10-16-8-6-14-4-2-12;1-6-2-4-7(5-3-6)11(8,9)10;2*1-2;1-3-2;1-2;/h4-7H,3,8-16H2,1-2H3;5-15H2,1-4H3;2-11H2,1H3;11-12H,1-10H2;2-5H,1H3;1H3;2H,1H3;;1H;/q;;;;;;;-1;;+1/i;;;;;1D;;;;. The van der Waals surface area contributed by atoms with Crippen molar-refractivity contribution in [1.29, 1.82) is 5.59 Å². The van der Waals surface area contributed by atoms with Gasteiger partial charge in [-0.25, -0.2) is 8.42 Å². The Labute approximate surface area is 645 Å². The number of nitroso groups, excluding NO2 is 1. The van der Waals surface area contributed by atoms with E-state index in [4.69, 9.17) is 134 Å². The van der Waals surface area contributed by atoms with Gasteiger partial charge in [0.1, 0.15) is 5.60 Å². The zero-order valence-electron chi connectivity index (χ0n) is 64.2. The third-order valence-corrected chi connectivity index (χ3v) is 13.2. The predicted octanol–water partition coefficient (Wildman–Crippen LogP) is 5.89. The Hall–Kier alpha value is -3.55. The summed E-state index contributed by atoms with van der Waals surface area (Å²) in [7, 11) is -2.20. The largest absolute Gasteiger partial charge is 1.00 e. The SMILES string of the molecule is CCCOCCOCCOCCOCCCC(=O)OC(C)(C)C.CCCOCCOCCOCCOCCN=[N+]=[N-].CCCOCCOCCOCCOCCOS(=O)(=O)c1ccc(C)cc1.CO.Cc1ccc(S(=O)(=O)Cl)cc1.N=O.OCCOCCOCCOCCOCCO.[2H]CF.[N-]=[N+]=[N-].[Na+]. The molecule has 0 saturated carbocycles. The summed E-state index contributed by atoms with van der Waals surface area (Å²) >= 11 is 0. The number of rotatable bonds is 59. The number of benzene rings is 2. The first-order valence-electron chi connectivity index (χ1n) is 34.0. The van der Waals surface area contributed by atoms with Crippen LogP contribution in [0.4, 0.5) is 4.39 Å². The fourth-order valence-electron chi connectivity index (χ4n) is 6.15. The normalized spacial score (nSPS) is 10.5. The maximum absolute atomic E-state index is 11.9. The number of nitrogens with one attached hydrogen (secondary N) is 1. The monoisotopic (exact) mass is 1580 g/mol. The summed E-state index contributed by atoms with van der Waals surface area (Å²) < 4.78 is 155. The Morgan fingerprint density at radius 2 is 0.721 bits per heavy atom. The molecule has 0 aliphatic carbocycles. The van der Waals surface area contributed by atoms with E-state index < -0.39 is 31.9 Å². The number of carbonyl (C=O) groups excluding carboxylic acids is 1. The fourth-order valence-corrected chi connectivity index (χ4v) is 7.81. The van der Waals surface area contributed by atoms with Crippen molar-refractivity contribution >= 4 is 35.8 Å². The molecule has 39 heteroatoms. The molecule has 0 aliphatic heterocycles. The van der Waals surface area contributed by atoms with Crippen molar-refractivity contribution < 1.29 is 157 Å². The molecular weight excluding hydrogens is 1450 g/mol. The molecule has 0 amide bonds. The third-order valence-electron chi connectivity index (χ3n) is 10.5. The van der Waals surface area contributed by atoms with Gasteiger partial charge in [-0.1, -0.05) is 66.9 Å². The number of esters is 1. The minimum absolute atomic E-state index is 0. The fraction of sp³-hybridized carbons (Fsp3) is 0.800. The summed E-state index contributed by atoms with van der Waals surface area (Å²) in [6, 6.07) is 12.9. The molecule has 0 unspecified atom stereocenters. The summed E-state index contributed by atoms with van der Waals surface area (Å²) in [6.07, 6.45) is 4.11. The Bertz CT molecular complexity index is 2350. The summed E-state index contributed by atoms with van der Waals surface area (Å²) in [4.78, 5) is 23.4. The molecule has 4 N–H and O–H groups in total. The van der Waals surface area contributed by atoms with Gasteiger partial charge in [0, 0.05) is 62.1 Å². The maximum Gasteiger partial charge on any atom is 1.00 e. The van der Waals surface area contributed by atoms with Crippen LogP contribution in [0.2, 0.25) is 0 Å². The molecule has 104 heavy (non-hydrogen) atoms. The number of halogens is 2. The van der Waals surface area contributed by atoms with Gasteiger partial charge in [-0.15, -0.1) is 0 Å². The van der Waals surface area contributed by atoms with Gasteiger partial charge in [0.15, 0.2) is 0 Å². The second-order valence-electron chi connectivity index (χ2n) is 20.3. The molecule has 608 valence electrons. The van der Waals surface area contributed by atoms with Crippen LogP contribution in [0, 0.1) is 24.3 Å². The topological polar surface area (TPSA) is 461 Å². The predicted molar refractivity (Wildman–Crippen MR) is 387 cm³/mol. The summed E-state index contributed by atoms with van der Waals surface area (Å²) in [6.45, 7) is 32.9. The number of alkyl halides is 1. The van der Waals surface area contributed by atoms with Gasteiger partial charge in [-0.3, -0.25) is 18.3 Å². The number of nitrogens with zero attached hydrogens (tertiary/aromatic N) is 6. The summed E-state index contributed by atoms with van der Waals surface area (Å²) in [5.41, 5.74) is 27.6. The summed E-state index contributed by atoms with van der Waals surface area (Å²) in [5.74, 6) is -0.183. The molecule has 0 spiro atoms. The van der Waals surface area contributed by atoms with Crippen LogP contribution < -0.4 is 29.6 Å². The van der Waals surface area contributed by atoms with E-state index in [0.29, 0.717) is 204 Å². The first-order chi connectivity index (χ1) is 50.2. The van der Waals surface area contributed by atoms with Crippen LogP contribution in [-0.4, -0.2) is 296 Å². The van der Waals surface area contributed by atoms with Crippen molar-refractivity contribution in [3.8, 4) is 0 Å². The molecule has 2 rings (SSSR count). The summed E-state index contributed by atoms with van der Waals surface area (Å²) in [5, 5.41) is 27.2.